The molecule has 0 aliphatic heterocycles. The SMILES string of the molecule is COc1ccc(-c2ccc(Sc3ccccc3C(C)C(=O)O)cc2)cc1. The summed E-state index contributed by atoms with van der Waals surface area (Å²) in [4.78, 5) is 13.4. The van der Waals surface area contributed by atoms with E-state index in [1.165, 1.54) is 0 Å². The molecule has 0 spiro atoms. The second-order valence-electron chi connectivity index (χ2n) is 5.95. The molecule has 3 nitrogen and oxygen atoms in total. The summed E-state index contributed by atoms with van der Waals surface area (Å²) in [7, 11) is 1.66. The third-order valence-corrected chi connectivity index (χ3v) is 5.36. The summed E-state index contributed by atoms with van der Waals surface area (Å²) in [6.07, 6.45) is 0. The van der Waals surface area contributed by atoms with Crippen molar-refractivity contribution in [3.63, 3.8) is 0 Å². The van der Waals surface area contributed by atoms with Crippen LogP contribution in [0.1, 0.15) is 18.4 Å². The van der Waals surface area contributed by atoms with Crippen molar-refractivity contribution in [2.75, 3.05) is 7.11 Å². The minimum atomic E-state index is -0.812. The fraction of sp³-hybridized carbons (Fsp3) is 0.136. The zero-order valence-electron chi connectivity index (χ0n) is 14.7. The predicted octanol–water partition coefficient (Wildman–Crippen LogP) is 5.70. The van der Waals surface area contributed by atoms with E-state index >= 15 is 0 Å². The maximum atomic E-state index is 11.3. The van der Waals surface area contributed by atoms with E-state index in [0.29, 0.717) is 0 Å². The summed E-state index contributed by atoms with van der Waals surface area (Å²) in [6.45, 7) is 1.72. The van der Waals surface area contributed by atoms with Crippen LogP contribution >= 0.6 is 11.8 Å². The molecule has 132 valence electrons. The van der Waals surface area contributed by atoms with Crippen LogP contribution in [0.5, 0.6) is 5.75 Å². The standard InChI is InChI=1S/C22H20O3S/c1-15(22(23)24)20-5-3-4-6-21(20)26-19-13-9-17(10-14-19)16-7-11-18(25-2)12-8-16/h3-15H,1-2H3,(H,23,24). The molecule has 0 fully saturated rings. The monoisotopic (exact) mass is 364 g/mol. The molecule has 26 heavy (non-hydrogen) atoms. The third kappa shape index (κ3) is 4.09. The van der Waals surface area contributed by atoms with Crippen LogP contribution in [0.2, 0.25) is 0 Å². The number of carboxylic acids is 1. The quantitative estimate of drug-likeness (QED) is 0.609. The average Bonchev–Trinajstić information content (AvgIpc) is 2.68. The van der Waals surface area contributed by atoms with Gasteiger partial charge in [-0.05, 0) is 53.9 Å². The van der Waals surface area contributed by atoms with Crippen LogP contribution in [0.15, 0.2) is 82.6 Å². The lowest BCUT2D eigenvalue weighted by molar-refractivity contribution is -0.138. The van der Waals surface area contributed by atoms with Crippen LogP contribution < -0.4 is 4.74 Å². The molecule has 1 atom stereocenters. The van der Waals surface area contributed by atoms with Gasteiger partial charge in [-0.15, -0.1) is 0 Å². The van der Waals surface area contributed by atoms with Gasteiger partial charge in [0.15, 0.2) is 0 Å². The Bertz CT molecular complexity index is 886. The average molecular weight is 364 g/mol. The van der Waals surface area contributed by atoms with Gasteiger partial charge in [0.2, 0.25) is 0 Å². The molecule has 0 heterocycles. The first kappa shape index (κ1) is 18.1. The summed E-state index contributed by atoms with van der Waals surface area (Å²) in [5.41, 5.74) is 3.09. The Morgan fingerprint density at radius 2 is 1.50 bits per heavy atom. The van der Waals surface area contributed by atoms with Gasteiger partial charge in [0, 0.05) is 9.79 Å². The van der Waals surface area contributed by atoms with E-state index in [0.717, 1.165) is 32.2 Å². The lowest BCUT2D eigenvalue weighted by atomic mass is 10.0. The number of methoxy groups -OCH3 is 1. The normalized spacial score (nSPS) is 11.8. The summed E-state index contributed by atoms with van der Waals surface area (Å²) < 4.78 is 5.19. The lowest BCUT2D eigenvalue weighted by Crippen LogP contribution is -2.08. The van der Waals surface area contributed by atoms with Crippen LogP contribution in [0.25, 0.3) is 11.1 Å². The van der Waals surface area contributed by atoms with Crippen molar-refractivity contribution in [3.05, 3.63) is 78.4 Å². The Balaban J connectivity index is 1.81. The van der Waals surface area contributed by atoms with Gasteiger partial charge >= 0.3 is 5.97 Å². The number of benzene rings is 3. The molecule has 0 radical (unpaired) electrons. The molecule has 0 aliphatic rings. The topological polar surface area (TPSA) is 46.5 Å². The molecule has 0 aliphatic carbocycles. The Hall–Kier alpha value is -2.72. The van der Waals surface area contributed by atoms with Gasteiger partial charge in [-0.3, -0.25) is 4.79 Å². The van der Waals surface area contributed by atoms with Crippen molar-refractivity contribution in [3.8, 4) is 16.9 Å². The van der Waals surface area contributed by atoms with Gasteiger partial charge in [0.1, 0.15) is 5.75 Å². The smallest absolute Gasteiger partial charge is 0.310 e. The molecule has 0 aromatic heterocycles. The van der Waals surface area contributed by atoms with Crippen molar-refractivity contribution >= 4 is 17.7 Å². The maximum absolute atomic E-state index is 11.3. The Morgan fingerprint density at radius 3 is 2.08 bits per heavy atom. The van der Waals surface area contributed by atoms with Crippen LogP contribution in [0, 0.1) is 0 Å². The zero-order chi connectivity index (χ0) is 18.5. The lowest BCUT2D eigenvalue weighted by Gasteiger charge is -2.13. The second-order valence-corrected chi connectivity index (χ2v) is 7.07. The third-order valence-electron chi connectivity index (χ3n) is 4.26. The number of aliphatic carboxylic acids is 1. The van der Waals surface area contributed by atoms with E-state index in [9.17, 15) is 9.90 Å². The van der Waals surface area contributed by atoms with Gasteiger partial charge in [0.25, 0.3) is 0 Å². The minimum absolute atomic E-state index is 0.530. The molecule has 0 amide bonds. The molecule has 3 aromatic rings. The first-order valence-corrected chi connectivity index (χ1v) is 9.14. The fourth-order valence-electron chi connectivity index (χ4n) is 2.69. The Labute approximate surface area is 157 Å². The van der Waals surface area contributed by atoms with Crippen molar-refractivity contribution in [2.24, 2.45) is 0 Å². The Morgan fingerprint density at radius 1 is 0.923 bits per heavy atom. The van der Waals surface area contributed by atoms with Gasteiger partial charge < -0.3 is 9.84 Å². The highest BCUT2D eigenvalue weighted by atomic mass is 32.2. The molecular formula is C22H20O3S. The van der Waals surface area contributed by atoms with Crippen molar-refractivity contribution < 1.29 is 14.6 Å². The largest absolute Gasteiger partial charge is 0.497 e. The molecule has 3 aromatic carbocycles. The number of ether oxygens (including phenoxy) is 1. The number of hydrogen-bond donors (Lipinski definition) is 1. The highest BCUT2D eigenvalue weighted by Crippen LogP contribution is 2.35. The number of carboxylic acid groups (broad SMARTS) is 1. The highest BCUT2D eigenvalue weighted by Gasteiger charge is 2.17. The van der Waals surface area contributed by atoms with Crippen molar-refractivity contribution in [1.82, 2.24) is 0 Å². The molecule has 1 N–H and O–H groups in total. The van der Waals surface area contributed by atoms with E-state index in [1.54, 1.807) is 25.8 Å². The summed E-state index contributed by atoms with van der Waals surface area (Å²) >= 11 is 1.59. The zero-order valence-corrected chi connectivity index (χ0v) is 15.5. The van der Waals surface area contributed by atoms with E-state index < -0.39 is 11.9 Å². The van der Waals surface area contributed by atoms with E-state index in [-0.39, 0.29) is 0 Å². The van der Waals surface area contributed by atoms with Gasteiger partial charge in [0.05, 0.1) is 13.0 Å². The molecule has 0 bridgehead atoms. The minimum Gasteiger partial charge on any atom is -0.497 e. The van der Waals surface area contributed by atoms with Gasteiger partial charge in [-0.25, -0.2) is 0 Å². The Kier molecular flexibility index (Phi) is 5.64. The number of carbonyl (C=O) groups is 1. The van der Waals surface area contributed by atoms with Gasteiger partial charge in [-0.2, -0.15) is 0 Å². The fourth-order valence-corrected chi connectivity index (χ4v) is 3.73. The molecule has 0 saturated carbocycles. The van der Waals surface area contributed by atoms with Crippen molar-refractivity contribution in [1.29, 1.82) is 0 Å². The molecular weight excluding hydrogens is 344 g/mol. The van der Waals surface area contributed by atoms with E-state index in [4.69, 9.17) is 4.74 Å². The van der Waals surface area contributed by atoms with Crippen LogP contribution in [-0.4, -0.2) is 18.2 Å². The number of rotatable bonds is 6. The highest BCUT2D eigenvalue weighted by molar-refractivity contribution is 7.99. The number of hydrogen-bond acceptors (Lipinski definition) is 3. The maximum Gasteiger partial charge on any atom is 0.310 e. The van der Waals surface area contributed by atoms with Gasteiger partial charge in [-0.1, -0.05) is 54.2 Å². The molecule has 3 rings (SSSR count). The van der Waals surface area contributed by atoms with Crippen LogP contribution in [-0.2, 0) is 4.79 Å². The summed E-state index contributed by atoms with van der Waals surface area (Å²) in [5.74, 6) is -0.504. The molecule has 4 heteroatoms. The van der Waals surface area contributed by atoms with E-state index in [1.807, 2.05) is 48.5 Å². The first-order chi connectivity index (χ1) is 12.6. The van der Waals surface area contributed by atoms with Crippen molar-refractivity contribution in [2.45, 2.75) is 22.6 Å². The molecule has 0 saturated heterocycles. The van der Waals surface area contributed by atoms with Crippen LogP contribution in [0.3, 0.4) is 0 Å². The summed E-state index contributed by atoms with van der Waals surface area (Å²) in [5, 5.41) is 9.31. The summed E-state index contributed by atoms with van der Waals surface area (Å²) in [6, 6.07) is 23.9. The predicted molar refractivity (Wildman–Crippen MR) is 105 cm³/mol. The van der Waals surface area contributed by atoms with Crippen LogP contribution in [0.4, 0.5) is 0 Å². The second kappa shape index (κ2) is 8.11. The molecule has 1 unspecified atom stereocenters. The van der Waals surface area contributed by atoms with E-state index in [2.05, 4.69) is 24.3 Å². The first-order valence-electron chi connectivity index (χ1n) is 8.32.